The Kier molecular flexibility index (Phi) is 3.12. The number of nitrogens with zero attached hydrogens (tertiary/aromatic N) is 2. The van der Waals surface area contributed by atoms with Crippen LogP contribution < -0.4 is 0 Å². The molecule has 0 aliphatic carbocycles. The molecule has 1 aromatic carbocycles. The average molecular weight is 198 g/mol. The van der Waals surface area contributed by atoms with E-state index in [-0.39, 0.29) is 6.04 Å². The van der Waals surface area contributed by atoms with E-state index >= 15 is 0 Å². The maximum atomic E-state index is 8.97. The monoisotopic (exact) mass is 198 g/mol. The van der Waals surface area contributed by atoms with E-state index in [1.165, 1.54) is 0 Å². The Hall–Kier alpha value is -1.80. The van der Waals surface area contributed by atoms with Gasteiger partial charge < -0.3 is 4.85 Å². The van der Waals surface area contributed by atoms with Gasteiger partial charge in [-0.25, -0.2) is 6.57 Å². The second-order valence-electron chi connectivity index (χ2n) is 4.16. The van der Waals surface area contributed by atoms with Crippen molar-refractivity contribution in [3.05, 3.63) is 46.8 Å². The molecule has 0 aliphatic heterocycles. The largest absolute Gasteiger partial charge is 0.309 e. The molecule has 15 heavy (non-hydrogen) atoms. The van der Waals surface area contributed by atoms with E-state index in [1.807, 2.05) is 45.0 Å². The lowest BCUT2D eigenvalue weighted by Crippen LogP contribution is -2.13. The van der Waals surface area contributed by atoms with E-state index in [0.717, 1.165) is 11.1 Å². The first-order chi connectivity index (χ1) is 7.01. The van der Waals surface area contributed by atoms with Gasteiger partial charge in [0.15, 0.2) is 0 Å². The van der Waals surface area contributed by atoms with Crippen molar-refractivity contribution in [3.8, 4) is 6.07 Å². The van der Waals surface area contributed by atoms with E-state index in [2.05, 4.69) is 10.9 Å². The van der Waals surface area contributed by atoms with E-state index in [1.54, 1.807) is 0 Å². The Morgan fingerprint density at radius 2 is 1.87 bits per heavy atom. The summed E-state index contributed by atoms with van der Waals surface area (Å²) in [5.41, 5.74) is 1.54. The van der Waals surface area contributed by atoms with Crippen LogP contribution in [0.15, 0.2) is 24.3 Å². The number of rotatable bonds is 2. The molecule has 0 heterocycles. The van der Waals surface area contributed by atoms with Crippen molar-refractivity contribution in [1.29, 1.82) is 5.26 Å². The molecule has 0 aliphatic rings. The fourth-order valence-corrected chi connectivity index (χ4v) is 1.32. The van der Waals surface area contributed by atoms with Gasteiger partial charge in [0.05, 0.1) is 11.5 Å². The topological polar surface area (TPSA) is 28.1 Å². The maximum Gasteiger partial charge on any atom is 0.245 e. The van der Waals surface area contributed by atoms with Gasteiger partial charge in [-0.1, -0.05) is 24.3 Å². The van der Waals surface area contributed by atoms with Crippen LogP contribution in [0.25, 0.3) is 4.85 Å². The molecule has 0 saturated heterocycles. The quantitative estimate of drug-likeness (QED) is 0.669. The van der Waals surface area contributed by atoms with Gasteiger partial charge in [-0.3, -0.25) is 0 Å². The normalized spacial score (nSPS) is 12.6. The molecular weight excluding hydrogens is 184 g/mol. The first-order valence-electron chi connectivity index (χ1n) is 4.89. The third-order valence-electron chi connectivity index (χ3n) is 2.59. The molecule has 0 saturated carbocycles. The van der Waals surface area contributed by atoms with E-state index in [4.69, 9.17) is 11.8 Å². The summed E-state index contributed by atoms with van der Waals surface area (Å²) in [4.78, 5) is 3.46. The third kappa shape index (κ3) is 2.36. The van der Waals surface area contributed by atoms with Crippen molar-refractivity contribution in [3.63, 3.8) is 0 Å². The molecule has 1 rings (SSSR count). The van der Waals surface area contributed by atoms with Crippen LogP contribution in [0.1, 0.15) is 37.9 Å². The second kappa shape index (κ2) is 4.15. The van der Waals surface area contributed by atoms with Crippen molar-refractivity contribution in [1.82, 2.24) is 0 Å². The van der Waals surface area contributed by atoms with Crippen LogP contribution in [0.2, 0.25) is 0 Å². The molecular formula is C13H14N2. The molecule has 2 nitrogen and oxygen atoms in total. The number of hydrogen-bond acceptors (Lipinski definition) is 1. The molecule has 0 bridgehead atoms. The van der Waals surface area contributed by atoms with Crippen LogP contribution in [0.4, 0.5) is 0 Å². The summed E-state index contributed by atoms with van der Waals surface area (Å²) in [7, 11) is 0. The van der Waals surface area contributed by atoms with Gasteiger partial charge in [0.1, 0.15) is 0 Å². The summed E-state index contributed by atoms with van der Waals surface area (Å²) < 4.78 is 0. The van der Waals surface area contributed by atoms with Crippen molar-refractivity contribution in [2.75, 3.05) is 0 Å². The molecule has 0 radical (unpaired) electrons. The predicted molar refractivity (Wildman–Crippen MR) is 60.1 cm³/mol. The zero-order valence-electron chi connectivity index (χ0n) is 9.28. The molecule has 76 valence electrons. The van der Waals surface area contributed by atoms with Gasteiger partial charge in [0.25, 0.3) is 0 Å². The molecule has 2 heteroatoms. The van der Waals surface area contributed by atoms with Crippen LogP contribution in [-0.4, -0.2) is 0 Å². The van der Waals surface area contributed by atoms with Crippen molar-refractivity contribution in [2.45, 2.75) is 32.2 Å². The highest BCUT2D eigenvalue weighted by atomic mass is 14.7. The Bertz CT molecular complexity index is 415. The molecule has 1 atom stereocenters. The lowest BCUT2D eigenvalue weighted by Gasteiger charge is -2.15. The van der Waals surface area contributed by atoms with Gasteiger partial charge >= 0.3 is 0 Å². The summed E-state index contributed by atoms with van der Waals surface area (Å²) >= 11 is 0. The summed E-state index contributed by atoms with van der Waals surface area (Å²) in [5.74, 6) is 0. The van der Waals surface area contributed by atoms with Crippen molar-refractivity contribution in [2.24, 2.45) is 0 Å². The standard InChI is InChI=1S/C13H14N2/c1-10(15-4)11-5-7-12(8-6-11)13(2,3)9-14/h5-8,10H,1-3H3. The zero-order chi connectivity index (χ0) is 11.5. The number of nitriles is 1. The SMILES string of the molecule is [C-]#[N+]C(C)c1ccc(C(C)(C)C#N)cc1. The maximum absolute atomic E-state index is 8.97. The van der Waals surface area contributed by atoms with Crippen molar-refractivity contribution < 1.29 is 0 Å². The Morgan fingerprint density at radius 3 is 2.27 bits per heavy atom. The highest BCUT2D eigenvalue weighted by molar-refractivity contribution is 5.34. The third-order valence-corrected chi connectivity index (χ3v) is 2.59. The van der Waals surface area contributed by atoms with Crippen LogP contribution in [-0.2, 0) is 5.41 Å². The summed E-state index contributed by atoms with van der Waals surface area (Å²) in [6.45, 7) is 12.6. The fraction of sp³-hybridized carbons (Fsp3) is 0.385. The predicted octanol–water partition coefficient (Wildman–Crippen LogP) is 3.47. The Labute approximate surface area is 91.0 Å². The molecule has 0 N–H and O–H groups in total. The van der Waals surface area contributed by atoms with Gasteiger partial charge in [-0.05, 0) is 19.4 Å². The van der Waals surface area contributed by atoms with E-state index in [0.29, 0.717) is 0 Å². The van der Waals surface area contributed by atoms with Crippen LogP contribution in [0.3, 0.4) is 0 Å². The molecule has 1 aromatic rings. The number of hydrogen-bond donors (Lipinski definition) is 0. The highest BCUT2D eigenvalue weighted by Crippen LogP contribution is 2.24. The Balaban J connectivity index is 3.03. The first-order valence-corrected chi connectivity index (χ1v) is 4.89. The van der Waals surface area contributed by atoms with Gasteiger partial charge in [-0.15, -0.1) is 0 Å². The molecule has 0 fully saturated rings. The van der Waals surface area contributed by atoms with Gasteiger partial charge in [0.2, 0.25) is 6.04 Å². The highest BCUT2D eigenvalue weighted by Gasteiger charge is 2.20. The van der Waals surface area contributed by atoms with Crippen LogP contribution in [0.5, 0.6) is 0 Å². The number of benzene rings is 1. The molecule has 0 aromatic heterocycles. The summed E-state index contributed by atoms with van der Waals surface area (Å²) in [6.07, 6.45) is 0. The first kappa shape index (κ1) is 11.3. The Morgan fingerprint density at radius 1 is 1.33 bits per heavy atom. The molecule has 0 spiro atoms. The van der Waals surface area contributed by atoms with Crippen molar-refractivity contribution >= 4 is 0 Å². The lowest BCUT2D eigenvalue weighted by molar-refractivity contribution is 0.686. The summed E-state index contributed by atoms with van der Waals surface area (Å²) in [5, 5.41) is 8.97. The van der Waals surface area contributed by atoms with E-state index in [9.17, 15) is 0 Å². The van der Waals surface area contributed by atoms with Crippen LogP contribution >= 0.6 is 0 Å². The second-order valence-corrected chi connectivity index (χ2v) is 4.16. The summed E-state index contributed by atoms with van der Waals surface area (Å²) in [6, 6.07) is 9.87. The fourth-order valence-electron chi connectivity index (χ4n) is 1.32. The van der Waals surface area contributed by atoms with Crippen LogP contribution in [0, 0.1) is 17.9 Å². The zero-order valence-corrected chi connectivity index (χ0v) is 9.28. The minimum atomic E-state index is -0.458. The average Bonchev–Trinajstić information content (AvgIpc) is 2.28. The lowest BCUT2D eigenvalue weighted by atomic mass is 9.86. The van der Waals surface area contributed by atoms with E-state index < -0.39 is 5.41 Å². The smallest absolute Gasteiger partial charge is 0.245 e. The van der Waals surface area contributed by atoms with Gasteiger partial charge in [0, 0.05) is 12.5 Å². The minimum absolute atomic E-state index is 0.107. The molecule has 1 unspecified atom stereocenters. The minimum Gasteiger partial charge on any atom is -0.309 e. The molecule has 0 amide bonds. The van der Waals surface area contributed by atoms with Gasteiger partial charge in [-0.2, -0.15) is 5.26 Å².